The summed E-state index contributed by atoms with van der Waals surface area (Å²) in [4.78, 5) is 11.7. The second-order valence-electron chi connectivity index (χ2n) is 4.15. The molecule has 0 spiro atoms. The van der Waals surface area contributed by atoms with Crippen molar-refractivity contribution >= 4 is 27.5 Å². The summed E-state index contributed by atoms with van der Waals surface area (Å²) in [5.74, 6) is 4.32. The molecule has 0 heterocycles. The molecule has 0 saturated heterocycles. The van der Waals surface area contributed by atoms with Crippen LogP contribution >= 0.6 is 15.9 Å². The van der Waals surface area contributed by atoms with Crippen LogP contribution in [-0.4, -0.2) is 5.91 Å². The average molecular weight is 332 g/mol. The number of rotatable bonds is 1. The van der Waals surface area contributed by atoms with Crippen LogP contribution in [0.3, 0.4) is 0 Å². The van der Waals surface area contributed by atoms with Gasteiger partial charge in [-0.15, -0.1) is 0 Å². The first kappa shape index (κ1) is 14.3. The predicted molar refractivity (Wildman–Crippen MR) is 80.8 cm³/mol. The molecule has 100 valence electrons. The van der Waals surface area contributed by atoms with Crippen molar-refractivity contribution in [3.05, 3.63) is 63.9 Å². The molecule has 2 aromatic rings. The number of carbonyl (C=O) groups is 1. The number of benzene rings is 2. The van der Waals surface area contributed by atoms with Crippen LogP contribution in [0.2, 0.25) is 0 Å². The smallest absolute Gasteiger partial charge is 0.300 e. The molecule has 0 aromatic heterocycles. The van der Waals surface area contributed by atoms with Crippen molar-refractivity contribution in [3.8, 4) is 11.8 Å². The van der Waals surface area contributed by atoms with E-state index in [1.165, 1.54) is 6.07 Å². The molecule has 0 fully saturated rings. The lowest BCUT2D eigenvalue weighted by Crippen LogP contribution is -2.10. The zero-order chi connectivity index (χ0) is 14.5. The number of hydrogen-bond donors (Lipinski definition) is 1. The topological polar surface area (TPSA) is 29.1 Å². The molecule has 0 aliphatic rings. The first-order valence-corrected chi connectivity index (χ1v) is 6.69. The van der Waals surface area contributed by atoms with E-state index in [-0.39, 0.29) is 0 Å². The lowest BCUT2D eigenvalue weighted by atomic mass is 10.2. The normalized spacial score (nSPS) is 9.55. The summed E-state index contributed by atoms with van der Waals surface area (Å²) in [6, 6.07) is 12.1. The number of carbonyl (C=O) groups excluding carboxylic acids is 1. The third-order valence-corrected chi connectivity index (χ3v) is 3.22. The number of halogens is 2. The van der Waals surface area contributed by atoms with E-state index >= 15 is 0 Å². The van der Waals surface area contributed by atoms with Crippen LogP contribution in [0.15, 0.2) is 46.9 Å². The van der Waals surface area contributed by atoms with Gasteiger partial charge in [0, 0.05) is 17.2 Å². The Morgan fingerprint density at radius 3 is 2.65 bits per heavy atom. The molecule has 0 atom stereocenters. The van der Waals surface area contributed by atoms with E-state index in [4.69, 9.17) is 0 Å². The minimum absolute atomic E-state index is 0.364. The molecule has 20 heavy (non-hydrogen) atoms. The van der Waals surface area contributed by atoms with E-state index in [0.29, 0.717) is 10.2 Å². The lowest BCUT2D eigenvalue weighted by molar-refractivity contribution is -0.111. The third kappa shape index (κ3) is 3.69. The first-order chi connectivity index (χ1) is 9.56. The monoisotopic (exact) mass is 331 g/mol. The Morgan fingerprint density at radius 1 is 1.25 bits per heavy atom. The molecular formula is C16H11BrFNO. The fraction of sp³-hybridized carbons (Fsp3) is 0.0625. The summed E-state index contributed by atoms with van der Waals surface area (Å²) in [5, 5.41) is 2.58. The predicted octanol–water partition coefficient (Wildman–Crippen LogP) is 3.89. The Kier molecular flexibility index (Phi) is 4.54. The Hall–Kier alpha value is -2.12. The number of hydrogen-bond acceptors (Lipinski definition) is 1. The average Bonchev–Trinajstić information content (AvgIpc) is 2.44. The molecule has 2 rings (SSSR count). The maximum atomic E-state index is 13.4. The van der Waals surface area contributed by atoms with Gasteiger partial charge >= 0.3 is 5.91 Å². The van der Waals surface area contributed by atoms with E-state index in [9.17, 15) is 9.18 Å². The van der Waals surface area contributed by atoms with Crippen molar-refractivity contribution in [2.45, 2.75) is 6.92 Å². The highest BCUT2D eigenvalue weighted by Gasteiger charge is 2.07. The van der Waals surface area contributed by atoms with E-state index < -0.39 is 11.7 Å². The molecule has 0 bridgehead atoms. The molecule has 0 unspecified atom stereocenters. The molecular weight excluding hydrogens is 321 g/mol. The fourth-order valence-corrected chi connectivity index (χ4v) is 2.04. The van der Waals surface area contributed by atoms with Crippen molar-refractivity contribution in [1.82, 2.24) is 0 Å². The highest BCUT2D eigenvalue weighted by Crippen LogP contribution is 2.23. The van der Waals surface area contributed by atoms with Crippen molar-refractivity contribution in [2.75, 3.05) is 5.32 Å². The summed E-state index contributed by atoms with van der Waals surface area (Å²) in [5.41, 5.74) is 1.92. The first-order valence-electron chi connectivity index (χ1n) is 5.90. The molecule has 0 saturated carbocycles. The molecule has 2 aromatic carbocycles. The minimum atomic E-state index is -0.473. The Labute approximate surface area is 125 Å². The van der Waals surface area contributed by atoms with Crippen molar-refractivity contribution in [3.63, 3.8) is 0 Å². The third-order valence-electron chi connectivity index (χ3n) is 2.61. The molecule has 0 aliphatic heterocycles. The van der Waals surface area contributed by atoms with Crippen LogP contribution in [0.4, 0.5) is 10.1 Å². The van der Waals surface area contributed by atoms with Gasteiger partial charge in [0.25, 0.3) is 0 Å². The maximum Gasteiger partial charge on any atom is 0.300 e. The van der Waals surface area contributed by atoms with Gasteiger partial charge < -0.3 is 5.32 Å². The van der Waals surface area contributed by atoms with Gasteiger partial charge in [0.15, 0.2) is 0 Å². The van der Waals surface area contributed by atoms with E-state index in [2.05, 4.69) is 33.1 Å². The summed E-state index contributed by atoms with van der Waals surface area (Å²) in [6.45, 7) is 1.78. The number of aryl methyl sites for hydroxylation is 1. The molecule has 1 amide bonds. The Balaban J connectivity index is 2.13. The standard InChI is InChI=1S/C16H11BrFNO/c1-11-9-13(17)14(18)10-15(11)19-16(20)8-7-12-5-3-2-4-6-12/h2-6,9-10H,1H3,(H,19,20). The van der Waals surface area contributed by atoms with Crippen molar-refractivity contribution in [2.24, 2.45) is 0 Å². The fourth-order valence-electron chi connectivity index (χ4n) is 1.58. The van der Waals surface area contributed by atoms with Crippen molar-refractivity contribution < 1.29 is 9.18 Å². The van der Waals surface area contributed by atoms with E-state index in [1.54, 1.807) is 13.0 Å². The van der Waals surface area contributed by atoms with Crippen LogP contribution in [-0.2, 0) is 4.79 Å². The van der Waals surface area contributed by atoms with Gasteiger partial charge in [-0.2, -0.15) is 0 Å². The van der Waals surface area contributed by atoms with Crippen LogP contribution in [0.25, 0.3) is 0 Å². The van der Waals surface area contributed by atoms with Gasteiger partial charge in [-0.1, -0.05) is 24.1 Å². The highest BCUT2D eigenvalue weighted by molar-refractivity contribution is 9.10. The van der Waals surface area contributed by atoms with E-state index in [1.807, 2.05) is 30.3 Å². The summed E-state index contributed by atoms with van der Waals surface area (Å²) < 4.78 is 13.8. The molecule has 4 heteroatoms. The lowest BCUT2D eigenvalue weighted by Gasteiger charge is -2.06. The maximum absolute atomic E-state index is 13.4. The van der Waals surface area contributed by atoms with E-state index in [0.717, 1.165) is 11.1 Å². The molecule has 0 aliphatic carbocycles. The van der Waals surface area contributed by atoms with Gasteiger partial charge in [-0.05, 0) is 52.7 Å². The second kappa shape index (κ2) is 6.36. The van der Waals surface area contributed by atoms with Crippen LogP contribution in [0, 0.1) is 24.6 Å². The zero-order valence-corrected chi connectivity index (χ0v) is 12.3. The summed E-state index contributed by atoms with van der Waals surface area (Å²) in [7, 11) is 0. The van der Waals surface area contributed by atoms with Crippen LogP contribution in [0.5, 0.6) is 0 Å². The summed E-state index contributed by atoms with van der Waals surface area (Å²) in [6.07, 6.45) is 0. The van der Waals surface area contributed by atoms with Gasteiger partial charge in [0.05, 0.1) is 4.47 Å². The van der Waals surface area contributed by atoms with Gasteiger partial charge in [0.2, 0.25) is 0 Å². The summed E-state index contributed by atoms with van der Waals surface area (Å²) >= 11 is 3.09. The zero-order valence-electron chi connectivity index (χ0n) is 10.7. The number of amides is 1. The van der Waals surface area contributed by atoms with Gasteiger partial charge in [0.1, 0.15) is 5.82 Å². The Morgan fingerprint density at radius 2 is 1.95 bits per heavy atom. The van der Waals surface area contributed by atoms with Crippen LogP contribution in [0.1, 0.15) is 11.1 Å². The molecule has 2 nitrogen and oxygen atoms in total. The van der Waals surface area contributed by atoms with Gasteiger partial charge in [-0.25, -0.2) is 4.39 Å². The van der Waals surface area contributed by atoms with Crippen LogP contribution < -0.4 is 5.32 Å². The molecule has 1 N–H and O–H groups in total. The van der Waals surface area contributed by atoms with Gasteiger partial charge in [-0.3, -0.25) is 4.79 Å². The highest BCUT2D eigenvalue weighted by atomic mass is 79.9. The SMILES string of the molecule is Cc1cc(Br)c(F)cc1NC(=O)C#Cc1ccccc1. The molecule has 0 radical (unpaired) electrons. The Bertz CT molecular complexity index is 702. The second-order valence-corrected chi connectivity index (χ2v) is 5.01. The minimum Gasteiger partial charge on any atom is -0.315 e. The number of anilines is 1. The van der Waals surface area contributed by atoms with Crippen molar-refractivity contribution in [1.29, 1.82) is 0 Å². The number of nitrogens with one attached hydrogen (secondary N) is 1. The largest absolute Gasteiger partial charge is 0.315 e. The quantitative estimate of drug-likeness (QED) is 0.789.